The highest BCUT2D eigenvalue weighted by molar-refractivity contribution is 8.04. The Labute approximate surface area is 210 Å². The largest absolute Gasteiger partial charge is 0.462 e. The van der Waals surface area contributed by atoms with Crippen LogP contribution in [0.5, 0.6) is 0 Å². The van der Waals surface area contributed by atoms with E-state index in [1.165, 1.54) is 0 Å². The van der Waals surface area contributed by atoms with Crippen LogP contribution in [-0.4, -0.2) is 24.4 Å². The molecule has 3 aromatic carbocycles. The van der Waals surface area contributed by atoms with Gasteiger partial charge in [0.15, 0.2) is 0 Å². The summed E-state index contributed by atoms with van der Waals surface area (Å²) in [6.45, 7) is 2.00. The van der Waals surface area contributed by atoms with E-state index in [2.05, 4.69) is 5.32 Å². The molecule has 0 atom stereocenters. The second-order valence-electron chi connectivity index (χ2n) is 7.08. The highest BCUT2D eigenvalue weighted by Crippen LogP contribution is 2.39. The number of anilines is 2. The highest BCUT2D eigenvalue weighted by Gasteiger charge is 2.41. The van der Waals surface area contributed by atoms with Crippen molar-refractivity contribution in [1.82, 2.24) is 0 Å². The number of nitrogens with zero attached hydrogens (tertiary/aromatic N) is 1. The molecule has 1 heterocycles. The lowest BCUT2D eigenvalue weighted by Crippen LogP contribution is -2.32. The third-order valence-corrected chi connectivity index (χ3v) is 6.50. The number of rotatable bonds is 7. The predicted molar refractivity (Wildman–Crippen MR) is 134 cm³/mol. The average Bonchev–Trinajstić information content (AvgIpc) is 3.05. The highest BCUT2D eigenvalue weighted by atomic mass is 35.5. The molecule has 0 bridgehead atoms. The van der Waals surface area contributed by atoms with Crippen molar-refractivity contribution in [3.05, 3.63) is 99.0 Å². The number of hydrogen-bond acceptors (Lipinski definition) is 6. The summed E-state index contributed by atoms with van der Waals surface area (Å²) < 4.78 is 5.00. The van der Waals surface area contributed by atoms with Gasteiger partial charge in [0.1, 0.15) is 10.6 Å². The lowest BCUT2D eigenvalue weighted by Gasteiger charge is -2.16. The van der Waals surface area contributed by atoms with E-state index in [0.717, 1.165) is 21.6 Å². The molecule has 3 aromatic rings. The number of thioether (sulfide) groups is 1. The number of hydrogen-bond donors (Lipinski definition) is 1. The zero-order chi connectivity index (χ0) is 24.2. The van der Waals surface area contributed by atoms with Gasteiger partial charge >= 0.3 is 5.97 Å². The van der Waals surface area contributed by atoms with Crippen molar-refractivity contribution in [2.24, 2.45) is 0 Å². The molecule has 2 amide bonds. The molecule has 0 aliphatic carbocycles. The molecule has 34 heavy (non-hydrogen) atoms. The van der Waals surface area contributed by atoms with Gasteiger partial charge in [-0.15, -0.1) is 0 Å². The van der Waals surface area contributed by atoms with Crippen LogP contribution in [0.2, 0.25) is 10.0 Å². The molecule has 0 aromatic heterocycles. The van der Waals surface area contributed by atoms with Gasteiger partial charge in [-0.05, 0) is 67.6 Å². The van der Waals surface area contributed by atoms with Crippen LogP contribution in [0.4, 0.5) is 11.4 Å². The Bertz CT molecular complexity index is 1290. The summed E-state index contributed by atoms with van der Waals surface area (Å²) >= 11 is 13.4. The molecule has 0 saturated heterocycles. The van der Waals surface area contributed by atoms with Gasteiger partial charge in [-0.1, -0.05) is 47.1 Å². The normalized spacial score (nSPS) is 13.4. The van der Waals surface area contributed by atoms with Crippen LogP contribution in [0.3, 0.4) is 0 Å². The van der Waals surface area contributed by atoms with Gasteiger partial charge in [0, 0.05) is 15.6 Å². The summed E-state index contributed by atoms with van der Waals surface area (Å²) in [4.78, 5) is 40.7. The Morgan fingerprint density at radius 2 is 1.62 bits per heavy atom. The van der Waals surface area contributed by atoms with E-state index >= 15 is 0 Å². The minimum atomic E-state index is -0.538. The molecule has 4 rings (SSSR count). The summed E-state index contributed by atoms with van der Waals surface area (Å²) in [7, 11) is 0. The van der Waals surface area contributed by atoms with Crippen molar-refractivity contribution >= 4 is 64.1 Å². The fourth-order valence-corrected chi connectivity index (χ4v) is 4.51. The first-order chi connectivity index (χ1) is 16.4. The fraction of sp³-hybridized carbons (Fsp3) is 0.0800. The van der Waals surface area contributed by atoms with Gasteiger partial charge in [0.2, 0.25) is 0 Å². The molecule has 172 valence electrons. The number of ether oxygens (including phenoxy) is 1. The molecule has 0 spiro atoms. The quantitative estimate of drug-likeness (QED) is 0.301. The first kappa shape index (κ1) is 23.9. The molecule has 0 unspecified atom stereocenters. The van der Waals surface area contributed by atoms with Crippen LogP contribution in [0.25, 0.3) is 0 Å². The molecule has 1 aliphatic heterocycles. The maximum absolute atomic E-state index is 13.4. The Morgan fingerprint density at radius 3 is 2.26 bits per heavy atom. The molecular formula is C25H18Cl2N2O4S. The van der Waals surface area contributed by atoms with E-state index in [1.54, 1.807) is 79.7 Å². The Balaban J connectivity index is 1.69. The lowest BCUT2D eigenvalue weighted by molar-refractivity contribution is -0.120. The zero-order valence-corrected chi connectivity index (χ0v) is 20.2. The number of nitrogens with one attached hydrogen (secondary N) is 1. The minimum Gasteiger partial charge on any atom is -0.462 e. The van der Waals surface area contributed by atoms with E-state index in [0.29, 0.717) is 22.0 Å². The molecule has 0 radical (unpaired) electrons. The molecular weight excluding hydrogens is 495 g/mol. The second-order valence-corrected chi connectivity index (χ2v) is 9.01. The van der Waals surface area contributed by atoms with Crippen molar-refractivity contribution in [3.63, 3.8) is 0 Å². The van der Waals surface area contributed by atoms with Gasteiger partial charge in [0.05, 0.1) is 22.9 Å². The monoisotopic (exact) mass is 512 g/mol. The number of imide groups is 1. The van der Waals surface area contributed by atoms with E-state index < -0.39 is 17.8 Å². The molecule has 9 heteroatoms. The van der Waals surface area contributed by atoms with Crippen molar-refractivity contribution in [2.75, 3.05) is 16.8 Å². The topological polar surface area (TPSA) is 75.7 Å². The molecule has 1 N–H and O–H groups in total. The SMILES string of the molecule is CCOC(=O)c1ccc(NC2=C(Sc3ccc(Cl)cc3)C(=O)N(c3ccccc3Cl)C2=O)cc1. The van der Waals surface area contributed by atoms with Crippen LogP contribution in [0, 0.1) is 0 Å². The first-order valence-electron chi connectivity index (χ1n) is 10.2. The van der Waals surface area contributed by atoms with Crippen molar-refractivity contribution in [1.29, 1.82) is 0 Å². The van der Waals surface area contributed by atoms with Gasteiger partial charge < -0.3 is 10.1 Å². The smallest absolute Gasteiger partial charge is 0.338 e. The third-order valence-electron chi connectivity index (χ3n) is 4.83. The number of halogens is 2. The summed E-state index contributed by atoms with van der Waals surface area (Å²) in [5.41, 5.74) is 1.31. The number of benzene rings is 3. The third kappa shape index (κ3) is 4.97. The number of para-hydroxylation sites is 1. The summed E-state index contributed by atoms with van der Waals surface area (Å²) in [6, 6.07) is 20.0. The summed E-state index contributed by atoms with van der Waals surface area (Å²) in [6.07, 6.45) is 0. The van der Waals surface area contributed by atoms with Crippen LogP contribution in [0.1, 0.15) is 17.3 Å². The van der Waals surface area contributed by atoms with Crippen molar-refractivity contribution < 1.29 is 19.1 Å². The predicted octanol–water partition coefficient (Wildman–Crippen LogP) is 6.16. The fourth-order valence-electron chi connectivity index (χ4n) is 3.24. The molecule has 0 saturated carbocycles. The Morgan fingerprint density at radius 1 is 0.941 bits per heavy atom. The number of amides is 2. The maximum Gasteiger partial charge on any atom is 0.338 e. The molecule has 6 nitrogen and oxygen atoms in total. The van der Waals surface area contributed by atoms with Gasteiger partial charge in [-0.25, -0.2) is 9.69 Å². The van der Waals surface area contributed by atoms with Crippen LogP contribution < -0.4 is 10.2 Å². The van der Waals surface area contributed by atoms with E-state index in [4.69, 9.17) is 27.9 Å². The van der Waals surface area contributed by atoms with Gasteiger partial charge in [-0.2, -0.15) is 0 Å². The van der Waals surface area contributed by atoms with Gasteiger partial charge in [-0.3, -0.25) is 9.59 Å². The maximum atomic E-state index is 13.4. The van der Waals surface area contributed by atoms with E-state index in [1.807, 2.05) is 0 Å². The van der Waals surface area contributed by atoms with Gasteiger partial charge in [0.25, 0.3) is 11.8 Å². The van der Waals surface area contributed by atoms with Crippen LogP contribution in [-0.2, 0) is 14.3 Å². The van der Waals surface area contributed by atoms with E-state index in [-0.39, 0.29) is 22.2 Å². The lowest BCUT2D eigenvalue weighted by atomic mass is 10.2. The Kier molecular flexibility index (Phi) is 7.26. The second kappa shape index (κ2) is 10.3. The number of esters is 1. The van der Waals surface area contributed by atoms with Crippen molar-refractivity contribution in [3.8, 4) is 0 Å². The number of carbonyl (C=O) groups is 3. The summed E-state index contributed by atoms with van der Waals surface area (Å²) in [5.74, 6) is -1.48. The van der Waals surface area contributed by atoms with Crippen LogP contribution >= 0.6 is 35.0 Å². The molecule has 1 aliphatic rings. The zero-order valence-electron chi connectivity index (χ0n) is 17.9. The Hall–Kier alpha value is -3.26. The van der Waals surface area contributed by atoms with Crippen molar-refractivity contribution in [2.45, 2.75) is 11.8 Å². The summed E-state index contributed by atoms with van der Waals surface area (Å²) in [5, 5.41) is 3.88. The number of carbonyl (C=O) groups excluding carboxylic acids is 3. The minimum absolute atomic E-state index is 0.105. The standard InChI is InChI=1S/C25H18Cl2N2O4S/c1-2-33-25(32)15-7-11-17(12-8-15)28-21-22(34-18-13-9-16(26)10-14-18)24(31)29(23(21)30)20-6-4-3-5-19(20)27/h3-14,28H,2H2,1H3. The average molecular weight is 513 g/mol. The molecule has 0 fully saturated rings. The first-order valence-corrected chi connectivity index (χ1v) is 11.8. The van der Waals surface area contributed by atoms with E-state index in [9.17, 15) is 14.4 Å². The van der Waals surface area contributed by atoms with Crippen LogP contribution in [0.15, 0.2) is 88.3 Å².